The van der Waals surface area contributed by atoms with Gasteiger partial charge in [-0.25, -0.2) is 4.98 Å². The molecular formula is C17H19N3O2S. The fourth-order valence-electron chi connectivity index (χ4n) is 2.49. The molecule has 1 aliphatic rings. The Morgan fingerprint density at radius 2 is 2.26 bits per heavy atom. The van der Waals surface area contributed by atoms with Gasteiger partial charge in [-0.2, -0.15) is 5.26 Å². The van der Waals surface area contributed by atoms with Crippen molar-refractivity contribution in [3.63, 3.8) is 0 Å². The second kappa shape index (κ2) is 7.55. The summed E-state index contributed by atoms with van der Waals surface area (Å²) in [5.74, 6) is 0.796. The SMILES string of the molecule is Cc1csc([C@H]2CN(CCOc3ccc(C#N)cc3)CCO2)n1. The van der Waals surface area contributed by atoms with Crippen molar-refractivity contribution >= 4 is 11.3 Å². The van der Waals surface area contributed by atoms with Gasteiger partial charge >= 0.3 is 0 Å². The van der Waals surface area contributed by atoms with E-state index in [0.717, 1.165) is 42.7 Å². The fraction of sp³-hybridized carbons (Fsp3) is 0.412. The molecule has 23 heavy (non-hydrogen) atoms. The number of nitrogens with zero attached hydrogens (tertiary/aromatic N) is 3. The highest BCUT2D eigenvalue weighted by Crippen LogP contribution is 2.25. The van der Waals surface area contributed by atoms with E-state index in [9.17, 15) is 0 Å². The molecule has 1 aliphatic heterocycles. The van der Waals surface area contributed by atoms with Gasteiger partial charge in [0.1, 0.15) is 23.5 Å². The van der Waals surface area contributed by atoms with Crippen LogP contribution in [0, 0.1) is 18.3 Å². The first kappa shape index (κ1) is 15.9. The molecular weight excluding hydrogens is 310 g/mol. The number of aromatic nitrogens is 1. The second-order valence-corrected chi connectivity index (χ2v) is 6.36. The molecule has 0 N–H and O–H groups in total. The molecule has 0 spiro atoms. The number of ether oxygens (including phenoxy) is 2. The summed E-state index contributed by atoms with van der Waals surface area (Å²) in [6, 6.07) is 9.30. The van der Waals surface area contributed by atoms with Gasteiger partial charge in [0.2, 0.25) is 0 Å². The minimum Gasteiger partial charge on any atom is -0.492 e. The molecule has 3 rings (SSSR count). The van der Waals surface area contributed by atoms with Crippen molar-refractivity contribution in [2.75, 3.05) is 32.8 Å². The summed E-state index contributed by atoms with van der Waals surface area (Å²) in [6.07, 6.45) is 0.0670. The maximum atomic E-state index is 8.78. The molecule has 0 bridgehead atoms. The lowest BCUT2D eigenvalue weighted by atomic mass is 10.2. The van der Waals surface area contributed by atoms with E-state index in [-0.39, 0.29) is 6.10 Å². The number of hydrogen-bond donors (Lipinski definition) is 0. The Morgan fingerprint density at radius 3 is 2.96 bits per heavy atom. The van der Waals surface area contributed by atoms with Crippen molar-refractivity contribution in [3.8, 4) is 11.8 Å². The quantitative estimate of drug-likeness (QED) is 0.844. The highest BCUT2D eigenvalue weighted by atomic mass is 32.1. The van der Waals surface area contributed by atoms with Crippen LogP contribution in [0.1, 0.15) is 22.4 Å². The lowest BCUT2D eigenvalue weighted by Gasteiger charge is -2.31. The van der Waals surface area contributed by atoms with Crippen LogP contribution in [0.3, 0.4) is 0 Å². The molecule has 1 aromatic heterocycles. The Kier molecular flexibility index (Phi) is 5.23. The first-order chi connectivity index (χ1) is 11.2. The van der Waals surface area contributed by atoms with Crippen molar-refractivity contribution in [2.45, 2.75) is 13.0 Å². The predicted octanol–water partition coefficient (Wildman–Crippen LogP) is 2.78. The Morgan fingerprint density at radius 1 is 1.43 bits per heavy atom. The van der Waals surface area contributed by atoms with Crippen molar-refractivity contribution in [3.05, 3.63) is 45.9 Å². The van der Waals surface area contributed by atoms with Crippen LogP contribution in [0.2, 0.25) is 0 Å². The smallest absolute Gasteiger partial charge is 0.123 e. The standard InChI is InChI=1S/C17H19N3O2S/c1-13-12-23-17(19-13)16-11-20(7-9-22-16)6-8-21-15-4-2-14(10-18)3-5-15/h2-5,12,16H,6-9,11H2,1H3/t16-/m1/s1. The van der Waals surface area contributed by atoms with E-state index in [4.69, 9.17) is 14.7 Å². The summed E-state index contributed by atoms with van der Waals surface area (Å²) in [6.45, 7) is 5.97. The van der Waals surface area contributed by atoms with E-state index < -0.39 is 0 Å². The van der Waals surface area contributed by atoms with Gasteiger partial charge in [-0.1, -0.05) is 0 Å². The first-order valence-corrected chi connectivity index (χ1v) is 8.51. The van der Waals surface area contributed by atoms with Crippen LogP contribution in [-0.2, 0) is 4.74 Å². The summed E-state index contributed by atoms with van der Waals surface area (Å²) < 4.78 is 11.6. The van der Waals surface area contributed by atoms with Gasteiger partial charge < -0.3 is 9.47 Å². The second-order valence-electron chi connectivity index (χ2n) is 5.47. The van der Waals surface area contributed by atoms with Crippen molar-refractivity contribution < 1.29 is 9.47 Å². The van der Waals surface area contributed by atoms with E-state index in [2.05, 4.69) is 21.3 Å². The molecule has 0 aliphatic carbocycles. The fourth-order valence-corrected chi connectivity index (χ4v) is 3.33. The molecule has 1 fully saturated rings. The molecule has 0 radical (unpaired) electrons. The summed E-state index contributed by atoms with van der Waals surface area (Å²) >= 11 is 1.66. The third-order valence-corrected chi connectivity index (χ3v) is 4.78. The molecule has 0 amide bonds. The molecule has 0 saturated carbocycles. The van der Waals surface area contributed by atoms with E-state index in [1.165, 1.54) is 0 Å². The van der Waals surface area contributed by atoms with Gasteiger partial charge in [-0.15, -0.1) is 11.3 Å². The largest absolute Gasteiger partial charge is 0.492 e. The number of rotatable bonds is 5. The number of hydrogen-bond acceptors (Lipinski definition) is 6. The molecule has 6 heteroatoms. The van der Waals surface area contributed by atoms with Crippen LogP contribution in [0.15, 0.2) is 29.6 Å². The summed E-state index contributed by atoms with van der Waals surface area (Å²) in [5.41, 5.74) is 1.70. The lowest BCUT2D eigenvalue weighted by molar-refractivity contribution is -0.0330. The average molecular weight is 329 g/mol. The number of benzene rings is 1. The lowest BCUT2D eigenvalue weighted by Crippen LogP contribution is -2.40. The molecule has 5 nitrogen and oxygen atoms in total. The van der Waals surface area contributed by atoms with E-state index >= 15 is 0 Å². The third kappa shape index (κ3) is 4.29. The number of morpholine rings is 1. The summed E-state index contributed by atoms with van der Waals surface area (Å²) in [5, 5.41) is 11.9. The predicted molar refractivity (Wildman–Crippen MR) is 88.6 cm³/mol. The zero-order valence-corrected chi connectivity index (χ0v) is 13.9. The molecule has 2 heterocycles. The van der Waals surface area contributed by atoms with Gasteiger partial charge in [0.05, 0.1) is 18.2 Å². The van der Waals surface area contributed by atoms with Crippen LogP contribution < -0.4 is 4.74 Å². The molecule has 2 aromatic rings. The van der Waals surface area contributed by atoms with Crippen LogP contribution in [-0.4, -0.2) is 42.7 Å². The zero-order chi connectivity index (χ0) is 16.1. The maximum absolute atomic E-state index is 8.78. The highest BCUT2D eigenvalue weighted by Gasteiger charge is 2.24. The molecule has 1 atom stereocenters. The zero-order valence-electron chi connectivity index (χ0n) is 13.1. The monoisotopic (exact) mass is 329 g/mol. The van der Waals surface area contributed by atoms with Crippen molar-refractivity contribution in [1.82, 2.24) is 9.88 Å². The van der Waals surface area contributed by atoms with Crippen molar-refractivity contribution in [1.29, 1.82) is 5.26 Å². The average Bonchev–Trinajstić information content (AvgIpc) is 3.02. The normalized spacial score (nSPS) is 18.5. The van der Waals surface area contributed by atoms with Gasteiger partial charge in [-0.05, 0) is 31.2 Å². The summed E-state index contributed by atoms with van der Waals surface area (Å²) in [7, 11) is 0. The van der Waals surface area contributed by atoms with Gasteiger partial charge in [0.25, 0.3) is 0 Å². The molecule has 1 saturated heterocycles. The topological polar surface area (TPSA) is 58.4 Å². The number of thiazole rings is 1. The highest BCUT2D eigenvalue weighted by molar-refractivity contribution is 7.09. The Balaban J connectivity index is 1.47. The molecule has 120 valence electrons. The van der Waals surface area contributed by atoms with E-state index in [1.807, 2.05) is 19.1 Å². The maximum Gasteiger partial charge on any atom is 0.123 e. The van der Waals surface area contributed by atoms with Crippen LogP contribution >= 0.6 is 11.3 Å². The Hall–Kier alpha value is -1.94. The third-order valence-electron chi connectivity index (χ3n) is 3.72. The summed E-state index contributed by atoms with van der Waals surface area (Å²) in [4.78, 5) is 6.86. The molecule has 1 aromatic carbocycles. The van der Waals surface area contributed by atoms with Crippen LogP contribution in [0.25, 0.3) is 0 Å². The van der Waals surface area contributed by atoms with Gasteiger partial charge in [0, 0.05) is 30.7 Å². The van der Waals surface area contributed by atoms with Gasteiger partial charge in [0.15, 0.2) is 0 Å². The Labute approximate surface area is 140 Å². The van der Waals surface area contributed by atoms with E-state index in [0.29, 0.717) is 12.2 Å². The number of aryl methyl sites for hydroxylation is 1. The Bertz CT molecular complexity index is 678. The van der Waals surface area contributed by atoms with E-state index in [1.54, 1.807) is 23.5 Å². The minimum atomic E-state index is 0.0670. The van der Waals surface area contributed by atoms with Crippen molar-refractivity contribution in [2.24, 2.45) is 0 Å². The molecule has 0 unspecified atom stereocenters. The first-order valence-electron chi connectivity index (χ1n) is 7.63. The number of nitriles is 1. The van der Waals surface area contributed by atoms with Crippen LogP contribution in [0.5, 0.6) is 5.75 Å². The van der Waals surface area contributed by atoms with Crippen LogP contribution in [0.4, 0.5) is 0 Å². The van der Waals surface area contributed by atoms with Gasteiger partial charge in [-0.3, -0.25) is 4.90 Å². The minimum absolute atomic E-state index is 0.0670.